The first kappa shape index (κ1) is 20.1. The monoisotopic (exact) mass is 416 g/mol. The van der Waals surface area contributed by atoms with Crippen LogP contribution in [0.4, 0.5) is 20.6 Å². The lowest BCUT2D eigenvalue weighted by atomic mass is 9.84. The highest BCUT2D eigenvalue weighted by atomic mass is 19.1. The second-order valence-electron chi connectivity index (χ2n) is 7.31. The maximum absolute atomic E-state index is 13.7. The molecule has 0 aliphatic carbocycles. The van der Waals surface area contributed by atoms with Gasteiger partial charge in [-0.15, -0.1) is 0 Å². The van der Waals surface area contributed by atoms with Gasteiger partial charge in [-0.1, -0.05) is 12.1 Å². The molecule has 1 fully saturated rings. The average Bonchev–Trinajstić information content (AvgIpc) is 3.06. The zero-order valence-electron chi connectivity index (χ0n) is 15.9. The highest BCUT2D eigenvalue weighted by molar-refractivity contribution is 5.99. The van der Waals surface area contributed by atoms with E-state index in [0.717, 1.165) is 5.56 Å². The van der Waals surface area contributed by atoms with Crippen LogP contribution in [-0.2, 0) is 9.53 Å². The number of para-hydroxylation sites is 1. The molecule has 8 nitrogen and oxygen atoms in total. The van der Waals surface area contributed by atoms with Gasteiger partial charge in [-0.05, 0) is 36.8 Å². The van der Waals surface area contributed by atoms with Crippen molar-refractivity contribution in [2.24, 2.45) is 0 Å². The molecule has 2 aromatic rings. The van der Waals surface area contributed by atoms with Crippen molar-refractivity contribution in [3.63, 3.8) is 0 Å². The number of urea groups is 1. The van der Waals surface area contributed by atoms with Crippen LogP contribution in [0.5, 0.6) is 5.75 Å². The van der Waals surface area contributed by atoms with Gasteiger partial charge in [-0.3, -0.25) is 4.79 Å². The molecule has 2 aliphatic heterocycles. The number of amides is 2. The van der Waals surface area contributed by atoms with E-state index in [1.807, 2.05) is 0 Å². The number of hydrogen-bond donors (Lipinski definition) is 4. The molecular formula is C21H21FN2O6. The topological polar surface area (TPSA) is 117 Å². The number of anilines is 2. The van der Waals surface area contributed by atoms with Crippen molar-refractivity contribution in [3.05, 3.63) is 53.8 Å². The number of carbonyl (C=O) groups excluding carboxylic acids is 1. The van der Waals surface area contributed by atoms with Gasteiger partial charge >= 0.3 is 12.0 Å². The first-order valence-corrected chi connectivity index (χ1v) is 9.56. The van der Waals surface area contributed by atoms with Crippen molar-refractivity contribution < 1.29 is 33.7 Å². The molecule has 0 radical (unpaired) electrons. The molecule has 1 saturated heterocycles. The lowest BCUT2D eigenvalue weighted by molar-refractivity contribution is -0.153. The fourth-order valence-corrected chi connectivity index (χ4v) is 4.01. The molecule has 0 saturated carbocycles. The molecule has 9 heteroatoms. The molecule has 2 aromatic carbocycles. The van der Waals surface area contributed by atoms with Crippen molar-refractivity contribution >= 4 is 23.4 Å². The maximum atomic E-state index is 13.7. The number of aliphatic hydroxyl groups is 1. The van der Waals surface area contributed by atoms with Gasteiger partial charge in [0.1, 0.15) is 23.8 Å². The van der Waals surface area contributed by atoms with Crippen molar-refractivity contribution in [1.29, 1.82) is 0 Å². The third-order valence-electron chi connectivity index (χ3n) is 5.28. The number of aliphatic carboxylic acids is 1. The number of nitrogens with one attached hydrogen (secondary N) is 2. The van der Waals surface area contributed by atoms with Gasteiger partial charge in [0.15, 0.2) is 0 Å². The van der Waals surface area contributed by atoms with E-state index in [0.29, 0.717) is 17.9 Å². The molecule has 0 spiro atoms. The molecule has 30 heavy (non-hydrogen) atoms. The first-order chi connectivity index (χ1) is 14.4. The van der Waals surface area contributed by atoms with E-state index in [-0.39, 0.29) is 24.6 Å². The van der Waals surface area contributed by atoms with Crippen LogP contribution in [0.25, 0.3) is 0 Å². The van der Waals surface area contributed by atoms with Gasteiger partial charge in [-0.25, -0.2) is 9.18 Å². The average molecular weight is 416 g/mol. The molecule has 0 bridgehead atoms. The highest BCUT2D eigenvalue weighted by Crippen LogP contribution is 2.47. The second kappa shape index (κ2) is 8.29. The fraction of sp³-hybridized carbons (Fsp3) is 0.333. The predicted molar refractivity (Wildman–Crippen MR) is 105 cm³/mol. The van der Waals surface area contributed by atoms with Crippen LogP contribution in [-0.4, -0.2) is 47.1 Å². The van der Waals surface area contributed by atoms with Crippen LogP contribution in [0.3, 0.4) is 0 Å². The number of ether oxygens (including phenoxy) is 2. The Hall–Kier alpha value is -3.17. The van der Waals surface area contributed by atoms with Crippen molar-refractivity contribution in [2.45, 2.75) is 37.1 Å². The van der Waals surface area contributed by atoms with Crippen LogP contribution < -0.4 is 15.4 Å². The van der Waals surface area contributed by atoms with Crippen LogP contribution in [0.1, 0.15) is 24.3 Å². The summed E-state index contributed by atoms with van der Waals surface area (Å²) in [4.78, 5) is 23.3. The number of carboxylic acids is 1. The Morgan fingerprint density at radius 3 is 2.70 bits per heavy atom. The number of halogens is 1. The fourth-order valence-electron chi connectivity index (χ4n) is 4.01. The van der Waals surface area contributed by atoms with Gasteiger partial charge in [0.05, 0.1) is 24.8 Å². The SMILES string of the molecule is O=C(O)C[C@@H]1C[C@H]2c3cc(NC(=O)Nc4ccccc4F)ccc3O[C@H]2[C@H](CO)O1. The number of aliphatic hydroxyl groups excluding tert-OH is 1. The molecule has 4 atom stereocenters. The quantitative estimate of drug-likeness (QED) is 0.595. The molecule has 0 unspecified atom stereocenters. The largest absolute Gasteiger partial charge is 0.487 e. The van der Waals surface area contributed by atoms with Gasteiger partial charge in [0, 0.05) is 17.2 Å². The smallest absolute Gasteiger partial charge is 0.323 e. The van der Waals surface area contributed by atoms with Gasteiger partial charge in [0.2, 0.25) is 0 Å². The molecule has 4 N–H and O–H groups in total. The first-order valence-electron chi connectivity index (χ1n) is 9.56. The summed E-state index contributed by atoms with van der Waals surface area (Å²) < 4.78 is 25.3. The molecule has 2 amide bonds. The van der Waals surface area contributed by atoms with E-state index in [2.05, 4.69) is 10.6 Å². The number of rotatable bonds is 5. The third-order valence-corrected chi connectivity index (χ3v) is 5.28. The van der Waals surface area contributed by atoms with Gasteiger partial charge in [0.25, 0.3) is 0 Å². The maximum Gasteiger partial charge on any atom is 0.323 e. The van der Waals surface area contributed by atoms with Crippen LogP contribution >= 0.6 is 0 Å². The minimum absolute atomic E-state index is 0.0614. The van der Waals surface area contributed by atoms with Crippen molar-refractivity contribution in [1.82, 2.24) is 0 Å². The summed E-state index contributed by atoms with van der Waals surface area (Å²) in [5.41, 5.74) is 1.35. The summed E-state index contributed by atoms with van der Waals surface area (Å²) in [5, 5.41) is 23.9. The number of benzene rings is 2. The Morgan fingerprint density at radius 2 is 1.97 bits per heavy atom. The summed E-state index contributed by atoms with van der Waals surface area (Å²) in [7, 11) is 0. The van der Waals surface area contributed by atoms with Gasteiger partial charge in [-0.2, -0.15) is 0 Å². The number of fused-ring (bicyclic) bond motifs is 3. The lowest BCUT2D eigenvalue weighted by Gasteiger charge is -2.36. The molecule has 2 aliphatic rings. The summed E-state index contributed by atoms with van der Waals surface area (Å²) in [6.07, 6.45) is -1.36. The molecule has 158 valence electrons. The Balaban J connectivity index is 1.50. The van der Waals surface area contributed by atoms with E-state index in [4.69, 9.17) is 14.6 Å². The Bertz CT molecular complexity index is 968. The number of carboxylic acid groups (broad SMARTS) is 1. The summed E-state index contributed by atoms with van der Waals surface area (Å²) >= 11 is 0. The minimum Gasteiger partial charge on any atom is -0.487 e. The highest BCUT2D eigenvalue weighted by Gasteiger charge is 2.46. The van der Waals surface area contributed by atoms with Crippen LogP contribution in [0.15, 0.2) is 42.5 Å². The molecular weight excluding hydrogens is 395 g/mol. The predicted octanol–water partition coefficient (Wildman–Crippen LogP) is 2.94. The lowest BCUT2D eigenvalue weighted by Crippen LogP contribution is -2.46. The van der Waals surface area contributed by atoms with E-state index in [1.54, 1.807) is 24.3 Å². The Morgan fingerprint density at radius 1 is 1.17 bits per heavy atom. The van der Waals surface area contributed by atoms with E-state index >= 15 is 0 Å². The third kappa shape index (κ3) is 4.07. The summed E-state index contributed by atoms with van der Waals surface area (Å²) in [6, 6.07) is 10.3. The zero-order chi connectivity index (χ0) is 21.3. The van der Waals surface area contributed by atoms with Crippen molar-refractivity contribution in [3.8, 4) is 5.75 Å². The number of carbonyl (C=O) groups is 2. The van der Waals surface area contributed by atoms with E-state index in [9.17, 15) is 19.1 Å². The van der Waals surface area contributed by atoms with Crippen molar-refractivity contribution in [2.75, 3.05) is 17.2 Å². The zero-order valence-corrected chi connectivity index (χ0v) is 15.9. The molecule has 2 heterocycles. The van der Waals surface area contributed by atoms with E-state index < -0.39 is 36.1 Å². The second-order valence-corrected chi connectivity index (χ2v) is 7.31. The van der Waals surface area contributed by atoms with Gasteiger partial charge < -0.3 is 30.3 Å². The summed E-state index contributed by atoms with van der Waals surface area (Å²) in [5.74, 6) is -1.09. The Labute approximate surface area is 171 Å². The molecule has 4 rings (SSSR count). The molecule has 0 aromatic heterocycles. The van der Waals surface area contributed by atoms with Crippen LogP contribution in [0, 0.1) is 5.82 Å². The number of hydrogen-bond acceptors (Lipinski definition) is 5. The Kier molecular flexibility index (Phi) is 5.56. The normalized spacial score (nSPS) is 24.3. The standard InChI is InChI=1S/C21H21FN2O6/c22-15-3-1-2-4-16(15)24-21(28)23-11-5-6-17-13(7-11)14-8-12(9-19(26)27)29-18(10-25)20(14)30-17/h1-7,12,14,18,20,25H,8-10H2,(H,26,27)(H2,23,24,28)/t12-,14-,18-,20+/m0/s1. The van der Waals surface area contributed by atoms with E-state index in [1.165, 1.54) is 18.2 Å². The van der Waals surface area contributed by atoms with Crippen LogP contribution in [0.2, 0.25) is 0 Å². The summed E-state index contributed by atoms with van der Waals surface area (Å²) in [6.45, 7) is -0.290. The minimum atomic E-state index is -0.977.